The van der Waals surface area contributed by atoms with Gasteiger partial charge in [0.25, 0.3) is 0 Å². The molecular formula is C22H28N8O3. The van der Waals surface area contributed by atoms with Crippen molar-refractivity contribution in [1.82, 2.24) is 40.2 Å². The minimum absolute atomic E-state index is 0.110. The second-order valence-corrected chi connectivity index (χ2v) is 9.11. The van der Waals surface area contributed by atoms with Crippen LogP contribution in [0.2, 0.25) is 0 Å². The normalized spacial score (nSPS) is 20.7. The van der Waals surface area contributed by atoms with E-state index in [-0.39, 0.29) is 12.0 Å². The highest BCUT2D eigenvalue weighted by Crippen LogP contribution is 2.32. The van der Waals surface area contributed by atoms with Gasteiger partial charge in [0.15, 0.2) is 5.82 Å². The number of aromatic nitrogens is 8. The van der Waals surface area contributed by atoms with Crippen LogP contribution in [0.25, 0.3) is 11.4 Å². The molecule has 0 saturated heterocycles. The highest BCUT2D eigenvalue weighted by Gasteiger charge is 2.29. The minimum atomic E-state index is -0.745. The van der Waals surface area contributed by atoms with Crippen molar-refractivity contribution in [2.45, 2.75) is 64.5 Å². The zero-order valence-electron chi connectivity index (χ0n) is 18.9. The first kappa shape index (κ1) is 21.5. The van der Waals surface area contributed by atoms with Crippen LogP contribution < -0.4 is 4.74 Å². The molecule has 2 atom stereocenters. The zero-order chi connectivity index (χ0) is 22.9. The lowest BCUT2D eigenvalue weighted by Gasteiger charge is -2.27. The summed E-state index contributed by atoms with van der Waals surface area (Å²) < 4.78 is 7.83. The van der Waals surface area contributed by atoms with Crippen molar-refractivity contribution in [3.63, 3.8) is 0 Å². The van der Waals surface area contributed by atoms with Crippen LogP contribution in [-0.2, 0) is 24.8 Å². The first-order valence-electron chi connectivity index (χ1n) is 11.5. The molecule has 5 rings (SSSR count). The van der Waals surface area contributed by atoms with Crippen LogP contribution >= 0.6 is 0 Å². The fourth-order valence-corrected chi connectivity index (χ4v) is 4.35. The fourth-order valence-electron chi connectivity index (χ4n) is 4.35. The molecule has 0 bridgehead atoms. The first-order chi connectivity index (χ1) is 16.0. The monoisotopic (exact) mass is 452 g/mol. The van der Waals surface area contributed by atoms with Crippen molar-refractivity contribution < 1.29 is 14.6 Å². The molecule has 2 unspecified atom stereocenters. The molecule has 3 aromatic rings. The second kappa shape index (κ2) is 8.87. The summed E-state index contributed by atoms with van der Waals surface area (Å²) >= 11 is 0. The van der Waals surface area contributed by atoms with Gasteiger partial charge in [-0.15, -0.1) is 15.3 Å². The zero-order valence-corrected chi connectivity index (χ0v) is 18.9. The van der Waals surface area contributed by atoms with E-state index in [2.05, 4.69) is 25.7 Å². The van der Waals surface area contributed by atoms with Gasteiger partial charge in [-0.3, -0.25) is 4.79 Å². The summed E-state index contributed by atoms with van der Waals surface area (Å²) in [7, 11) is 1.83. The molecule has 1 N–H and O–H groups in total. The Morgan fingerprint density at radius 1 is 1.18 bits per heavy atom. The molecule has 2 saturated carbocycles. The second-order valence-electron chi connectivity index (χ2n) is 9.11. The molecule has 0 aromatic carbocycles. The molecule has 0 spiro atoms. The van der Waals surface area contributed by atoms with Crippen molar-refractivity contribution in [3.05, 3.63) is 29.3 Å². The fraction of sp³-hybridized carbons (Fsp3) is 0.591. The van der Waals surface area contributed by atoms with Crippen LogP contribution in [0.1, 0.15) is 55.7 Å². The average molecular weight is 453 g/mol. The van der Waals surface area contributed by atoms with E-state index < -0.39 is 5.97 Å². The number of pyridine rings is 1. The highest BCUT2D eigenvalue weighted by atomic mass is 16.5. The lowest BCUT2D eigenvalue weighted by Crippen LogP contribution is -2.29. The van der Waals surface area contributed by atoms with E-state index in [0.29, 0.717) is 42.4 Å². The van der Waals surface area contributed by atoms with Crippen LogP contribution in [0.5, 0.6) is 5.75 Å². The Morgan fingerprint density at radius 3 is 2.79 bits per heavy atom. The molecule has 3 aromatic heterocycles. The average Bonchev–Trinajstić information content (AvgIpc) is 3.39. The molecule has 11 nitrogen and oxygen atoms in total. The third-order valence-electron chi connectivity index (χ3n) is 6.45. The number of carbonyl (C=O) groups is 1. The third-order valence-corrected chi connectivity index (χ3v) is 6.45. The predicted octanol–water partition coefficient (Wildman–Crippen LogP) is 2.20. The van der Waals surface area contributed by atoms with Gasteiger partial charge in [-0.2, -0.15) is 4.80 Å². The number of aryl methyl sites for hydroxylation is 2. The van der Waals surface area contributed by atoms with Gasteiger partial charge in [0.05, 0.1) is 29.1 Å². The van der Waals surface area contributed by atoms with E-state index in [0.717, 1.165) is 36.5 Å². The van der Waals surface area contributed by atoms with Gasteiger partial charge in [0, 0.05) is 13.5 Å². The third kappa shape index (κ3) is 4.86. The SMILES string of the molecule is Cc1nc(-c2nnn(C)c2Cn2nnc(CC3CC3)n2)ccc1OC1CCCC(C(=O)O)C1. The van der Waals surface area contributed by atoms with E-state index in [9.17, 15) is 9.90 Å². The molecule has 174 valence electrons. The van der Waals surface area contributed by atoms with Crippen LogP contribution in [0.4, 0.5) is 0 Å². The van der Waals surface area contributed by atoms with E-state index in [4.69, 9.17) is 9.72 Å². The number of carboxylic acids is 1. The maximum absolute atomic E-state index is 11.3. The number of tetrazole rings is 1. The van der Waals surface area contributed by atoms with E-state index >= 15 is 0 Å². The van der Waals surface area contributed by atoms with Gasteiger partial charge in [0.1, 0.15) is 18.0 Å². The van der Waals surface area contributed by atoms with Gasteiger partial charge in [0.2, 0.25) is 0 Å². The Hall–Kier alpha value is -3.37. The summed E-state index contributed by atoms with van der Waals surface area (Å²) in [6.07, 6.45) is 6.21. The van der Waals surface area contributed by atoms with Crippen molar-refractivity contribution >= 4 is 5.97 Å². The number of hydrogen-bond acceptors (Lipinski definition) is 8. The summed E-state index contributed by atoms with van der Waals surface area (Å²) in [6, 6.07) is 3.74. The maximum atomic E-state index is 11.3. The number of rotatable bonds is 8. The summed E-state index contributed by atoms with van der Waals surface area (Å²) in [4.78, 5) is 17.6. The quantitative estimate of drug-likeness (QED) is 0.546. The Bertz CT molecular complexity index is 1150. The number of ether oxygens (including phenoxy) is 1. The summed E-state index contributed by atoms with van der Waals surface area (Å²) in [5.74, 6) is 1.06. The summed E-state index contributed by atoms with van der Waals surface area (Å²) in [5, 5.41) is 30.7. The van der Waals surface area contributed by atoms with Gasteiger partial charge in [-0.05, 0) is 68.7 Å². The molecule has 0 radical (unpaired) electrons. The van der Waals surface area contributed by atoms with Crippen molar-refractivity contribution in [1.29, 1.82) is 0 Å². The van der Waals surface area contributed by atoms with E-state index in [1.54, 1.807) is 9.48 Å². The minimum Gasteiger partial charge on any atom is -0.489 e. The summed E-state index contributed by atoms with van der Waals surface area (Å²) in [6.45, 7) is 2.28. The molecule has 2 aliphatic rings. The van der Waals surface area contributed by atoms with Crippen molar-refractivity contribution in [2.24, 2.45) is 18.9 Å². The smallest absolute Gasteiger partial charge is 0.306 e. The first-order valence-corrected chi connectivity index (χ1v) is 11.5. The standard InChI is InChI=1S/C22H28N8O3/c1-13-19(33-16-5-3-4-15(11-16)22(31)32)9-8-17(23-13)21-18(29(2)27-25-21)12-30-26-20(24-28-30)10-14-6-7-14/h8-9,14-16H,3-7,10-12H2,1-2H3,(H,31,32). The van der Waals surface area contributed by atoms with Crippen molar-refractivity contribution in [3.8, 4) is 17.1 Å². The Morgan fingerprint density at radius 2 is 2.03 bits per heavy atom. The number of aliphatic carboxylic acids is 1. The molecule has 33 heavy (non-hydrogen) atoms. The molecular weight excluding hydrogens is 424 g/mol. The van der Waals surface area contributed by atoms with Gasteiger partial charge >= 0.3 is 5.97 Å². The molecule has 2 fully saturated rings. The highest BCUT2D eigenvalue weighted by molar-refractivity contribution is 5.70. The van der Waals surface area contributed by atoms with Gasteiger partial charge in [-0.25, -0.2) is 9.67 Å². The Labute approximate surface area is 191 Å². The van der Waals surface area contributed by atoms with E-state index in [1.165, 1.54) is 12.8 Å². The predicted molar refractivity (Wildman–Crippen MR) is 116 cm³/mol. The Kier molecular flexibility index (Phi) is 5.77. The van der Waals surface area contributed by atoms with Crippen LogP contribution in [-0.4, -0.2) is 57.4 Å². The van der Waals surface area contributed by atoms with Crippen LogP contribution in [0, 0.1) is 18.8 Å². The number of nitrogens with zero attached hydrogens (tertiary/aromatic N) is 8. The molecule has 0 amide bonds. The molecule has 0 aliphatic heterocycles. The maximum Gasteiger partial charge on any atom is 0.306 e. The summed E-state index contributed by atoms with van der Waals surface area (Å²) in [5.41, 5.74) is 2.92. The number of carboxylic acid groups (broad SMARTS) is 1. The lowest BCUT2D eigenvalue weighted by atomic mass is 9.87. The number of hydrogen-bond donors (Lipinski definition) is 1. The lowest BCUT2D eigenvalue weighted by molar-refractivity contribution is -0.143. The molecule has 2 aliphatic carbocycles. The largest absolute Gasteiger partial charge is 0.489 e. The van der Waals surface area contributed by atoms with E-state index in [1.807, 2.05) is 26.1 Å². The van der Waals surface area contributed by atoms with Crippen LogP contribution in [0.3, 0.4) is 0 Å². The van der Waals surface area contributed by atoms with Crippen LogP contribution in [0.15, 0.2) is 12.1 Å². The van der Waals surface area contributed by atoms with Gasteiger partial charge in [-0.1, -0.05) is 5.21 Å². The Balaban J connectivity index is 1.31. The molecule has 3 heterocycles. The van der Waals surface area contributed by atoms with Crippen molar-refractivity contribution in [2.75, 3.05) is 0 Å². The van der Waals surface area contributed by atoms with Gasteiger partial charge < -0.3 is 9.84 Å². The topological polar surface area (TPSA) is 134 Å². The molecule has 11 heteroatoms.